The van der Waals surface area contributed by atoms with Gasteiger partial charge < -0.3 is 20.1 Å². The number of fused-ring (bicyclic) bond motifs is 1. The smallest absolute Gasteiger partial charge is 0.253 e. The first-order valence-corrected chi connectivity index (χ1v) is 10.6. The van der Waals surface area contributed by atoms with Gasteiger partial charge in [-0.1, -0.05) is 0 Å². The number of carbonyl (C=O) groups excluding carboxylic acids is 2. The van der Waals surface area contributed by atoms with Crippen LogP contribution in [0.3, 0.4) is 0 Å². The van der Waals surface area contributed by atoms with Crippen molar-refractivity contribution in [2.24, 2.45) is 5.73 Å². The van der Waals surface area contributed by atoms with E-state index in [-0.39, 0.29) is 29.1 Å². The van der Waals surface area contributed by atoms with Crippen molar-refractivity contribution in [3.8, 4) is 5.75 Å². The summed E-state index contributed by atoms with van der Waals surface area (Å²) in [5.74, 6) is -0.431. The minimum absolute atomic E-state index is 0.0796. The van der Waals surface area contributed by atoms with Gasteiger partial charge in [0.05, 0.1) is 47.8 Å². The second-order valence-electron chi connectivity index (χ2n) is 8.03. The zero-order chi connectivity index (χ0) is 22.2. The molecule has 9 heteroatoms. The Morgan fingerprint density at radius 2 is 2.19 bits per heavy atom. The summed E-state index contributed by atoms with van der Waals surface area (Å²) in [6.07, 6.45) is 7.12. The maximum Gasteiger partial charge on any atom is 0.253 e. The van der Waals surface area contributed by atoms with Gasteiger partial charge in [0.2, 0.25) is 6.29 Å². The number of rotatable bonds is 6. The first-order chi connectivity index (χ1) is 15.6. The van der Waals surface area contributed by atoms with Gasteiger partial charge in [0, 0.05) is 24.7 Å². The number of halogens is 1. The van der Waals surface area contributed by atoms with Crippen LogP contribution in [0.2, 0.25) is 0 Å². The van der Waals surface area contributed by atoms with Gasteiger partial charge in [-0.25, -0.2) is 8.91 Å². The second-order valence-corrected chi connectivity index (χ2v) is 8.03. The number of anilines is 1. The molecule has 1 amide bonds. The SMILES string of the molecule is NC(=O)c1c(N2CCC[C@@H]2c2cc(F)ccc2OC2CCOC2)ccn2ncc([C]=O)c12. The molecule has 2 aliphatic heterocycles. The summed E-state index contributed by atoms with van der Waals surface area (Å²) in [7, 11) is 0. The van der Waals surface area contributed by atoms with Gasteiger partial charge in [0.1, 0.15) is 17.7 Å². The molecule has 165 valence electrons. The Hall–Kier alpha value is -3.46. The number of aromatic nitrogens is 2. The van der Waals surface area contributed by atoms with Crippen LogP contribution >= 0.6 is 0 Å². The molecular formula is C23H22FN4O4. The van der Waals surface area contributed by atoms with Crippen molar-refractivity contribution in [1.82, 2.24) is 9.61 Å². The average molecular weight is 437 g/mol. The number of hydrogen-bond acceptors (Lipinski definition) is 6. The number of nitrogens with two attached hydrogens (primary N) is 1. The largest absolute Gasteiger partial charge is 0.488 e. The van der Waals surface area contributed by atoms with Gasteiger partial charge >= 0.3 is 0 Å². The fourth-order valence-electron chi connectivity index (χ4n) is 4.68. The van der Waals surface area contributed by atoms with Crippen LogP contribution in [0, 0.1) is 5.82 Å². The van der Waals surface area contributed by atoms with E-state index in [1.54, 1.807) is 18.3 Å². The van der Waals surface area contributed by atoms with Crippen molar-refractivity contribution in [2.75, 3.05) is 24.7 Å². The summed E-state index contributed by atoms with van der Waals surface area (Å²) < 4.78 is 27.3. The molecule has 2 saturated heterocycles. The number of amides is 1. The molecule has 2 fully saturated rings. The van der Waals surface area contributed by atoms with E-state index in [0.717, 1.165) is 19.3 Å². The average Bonchev–Trinajstić information content (AvgIpc) is 3.54. The van der Waals surface area contributed by atoms with Crippen LogP contribution in [0.4, 0.5) is 10.1 Å². The number of primary amides is 1. The maximum absolute atomic E-state index is 14.3. The first-order valence-electron chi connectivity index (χ1n) is 10.6. The van der Waals surface area contributed by atoms with Gasteiger partial charge in [0.15, 0.2) is 0 Å². The number of pyridine rings is 1. The number of hydrogen-bond donors (Lipinski definition) is 1. The zero-order valence-corrected chi connectivity index (χ0v) is 17.3. The summed E-state index contributed by atoms with van der Waals surface area (Å²) >= 11 is 0. The van der Waals surface area contributed by atoms with Gasteiger partial charge in [-0.15, -0.1) is 0 Å². The highest BCUT2D eigenvalue weighted by molar-refractivity contribution is 6.08. The summed E-state index contributed by atoms with van der Waals surface area (Å²) in [5, 5.41) is 4.11. The molecule has 5 rings (SSSR count). The molecule has 2 aromatic heterocycles. The van der Waals surface area contributed by atoms with Gasteiger partial charge in [-0.3, -0.25) is 9.59 Å². The van der Waals surface area contributed by atoms with Crippen LogP contribution in [0.15, 0.2) is 36.7 Å². The molecule has 0 saturated carbocycles. The van der Waals surface area contributed by atoms with Gasteiger partial charge in [0.25, 0.3) is 5.91 Å². The topological polar surface area (TPSA) is 99.2 Å². The van der Waals surface area contributed by atoms with E-state index in [2.05, 4.69) is 5.10 Å². The van der Waals surface area contributed by atoms with E-state index in [1.807, 2.05) is 11.2 Å². The Balaban J connectivity index is 1.60. The van der Waals surface area contributed by atoms with E-state index in [9.17, 15) is 14.0 Å². The van der Waals surface area contributed by atoms with Crippen LogP contribution in [0.1, 0.15) is 46.8 Å². The highest BCUT2D eigenvalue weighted by Gasteiger charge is 2.33. The van der Waals surface area contributed by atoms with Gasteiger partial charge in [-0.2, -0.15) is 5.10 Å². The molecule has 32 heavy (non-hydrogen) atoms. The lowest BCUT2D eigenvalue weighted by atomic mass is 10.0. The number of ether oxygens (including phenoxy) is 2. The minimum Gasteiger partial charge on any atom is -0.488 e. The van der Waals surface area contributed by atoms with Crippen molar-refractivity contribution < 1.29 is 23.5 Å². The van der Waals surface area contributed by atoms with Crippen molar-refractivity contribution in [3.05, 3.63) is 59.2 Å². The lowest BCUT2D eigenvalue weighted by Gasteiger charge is -2.30. The molecular weight excluding hydrogens is 415 g/mol. The standard InChI is InChI=1S/C23H22FN4O4/c24-15-3-4-20(32-16-6-9-31-13-16)17(10-15)18-2-1-7-27(18)19-5-8-28-22(21(19)23(25)30)14(12-29)11-26-28/h3-5,8,10-11,16,18H,1-2,6-7,9,13H2,(H2,25,30)/t16?,18-/m1/s1. The van der Waals surface area contributed by atoms with Crippen molar-refractivity contribution in [3.63, 3.8) is 0 Å². The predicted molar refractivity (Wildman–Crippen MR) is 114 cm³/mol. The van der Waals surface area contributed by atoms with Crippen molar-refractivity contribution >= 4 is 23.4 Å². The maximum atomic E-state index is 14.3. The molecule has 1 radical (unpaired) electrons. The Labute approximate surface area is 183 Å². The molecule has 0 aliphatic carbocycles. The van der Waals surface area contributed by atoms with Crippen LogP contribution in [-0.4, -0.2) is 47.7 Å². The Morgan fingerprint density at radius 3 is 2.94 bits per heavy atom. The molecule has 3 aromatic rings. The second kappa shape index (κ2) is 8.23. The molecule has 8 nitrogen and oxygen atoms in total. The normalized spacial score (nSPS) is 20.7. The fraction of sp³-hybridized carbons (Fsp3) is 0.348. The van der Waals surface area contributed by atoms with Crippen LogP contribution in [0.5, 0.6) is 5.75 Å². The molecule has 1 aromatic carbocycles. The predicted octanol–water partition coefficient (Wildman–Crippen LogP) is 2.54. The summed E-state index contributed by atoms with van der Waals surface area (Å²) in [6.45, 7) is 1.78. The van der Waals surface area contributed by atoms with Crippen molar-refractivity contribution in [1.29, 1.82) is 0 Å². The molecule has 2 atom stereocenters. The third kappa shape index (κ3) is 3.48. The summed E-state index contributed by atoms with van der Waals surface area (Å²) in [4.78, 5) is 25.9. The monoisotopic (exact) mass is 437 g/mol. The molecule has 2 aliphatic rings. The van der Waals surface area contributed by atoms with E-state index >= 15 is 0 Å². The third-order valence-corrected chi connectivity index (χ3v) is 6.09. The number of carbonyl (C=O) groups is 1. The molecule has 4 heterocycles. The molecule has 0 bridgehead atoms. The van der Waals surface area contributed by atoms with E-state index in [0.29, 0.717) is 42.3 Å². The Bertz CT molecular complexity index is 1190. The minimum atomic E-state index is -0.674. The quantitative estimate of drug-likeness (QED) is 0.636. The zero-order valence-electron chi connectivity index (χ0n) is 17.3. The van der Waals surface area contributed by atoms with Crippen LogP contribution in [0.25, 0.3) is 5.52 Å². The van der Waals surface area contributed by atoms with E-state index in [4.69, 9.17) is 15.2 Å². The van der Waals surface area contributed by atoms with Gasteiger partial charge in [-0.05, 0) is 37.1 Å². The summed E-state index contributed by atoms with van der Waals surface area (Å²) in [6, 6.07) is 6.04. The van der Waals surface area contributed by atoms with Crippen LogP contribution < -0.4 is 15.4 Å². The highest BCUT2D eigenvalue weighted by Crippen LogP contribution is 2.42. The first kappa shape index (κ1) is 20.4. The summed E-state index contributed by atoms with van der Waals surface area (Å²) in [5.41, 5.74) is 7.69. The fourth-order valence-corrected chi connectivity index (χ4v) is 4.68. The van der Waals surface area contributed by atoms with E-state index < -0.39 is 5.91 Å². The van der Waals surface area contributed by atoms with Crippen molar-refractivity contribution in [2.45, 2.75) is 31.4 Å². The van der Waals surface area contributed by atoms with Crippen LogP contribution in [-0.2, 0) is 9.53 Å². The lowest BCUT2D eigenvalue weighted by molar-refractivity contribution is 0.100. The van der Waals surface area contributed by atoms with E-state index in [1.165, 1.54) is 22.8 Å². The molecule has 0 spiro atoms. The lowest BCUT2D eigenvalue weighted by Crippen LogP contribution is -2.28. The Kier molecular flexibility index (Phi) is 5.26. The third-order valence-electron chi connectivity index (χ3n) is 6.09. The molecule has 2 N–H and O–H groups in total. The molecule has 1 unspecified atom stereocenters. The Morgan fingerprint density at radius 1 is 1.31 bits per heavy atom. The highest BCUT2D eigenvalue weighted by atomic mass is 19.1. The number of nitrogens with zero attached hydrogens (tertiary/aromatic N) is 3. The number of benzene rings is 1.